The third kappa shape index (κ3) is 2.56. The molecule has 1 aliphatic carbocycles. The highest BCUT2D eigenvalue weighted by molar-refractivity contribution is 9.12. The van der Waals surface area contributed by atoms with E-state index in [0.717, 1.165) is 0 Å². The summed E-state index contributed by atoms with van der Waals surface area (Å²) in [5.74, 6) is -0.471. The van der Waals surface area contributed by atoms with Crippen LogP contribution in [0.15, 0.2) is 10.6 Å². The minimum absolute atomic E-state index is 0.471. The molecule has 0 saturated carbocycles. The molecule has 0 unspecified atom stereocenters. The van der Waals surface area contributed by atoms with E-state index in [1.165, 1.54) is 13.0 Å². The topological polar surface area (TPSA) is 66.8 Å². The van der Waals surface area contributed by atoms with E-state index in [-0.39, 0.29) is 0 Å². The Labute approximate surface area is 98.2 Å². The number of hydrogen-bond acceptors (Lipinski definition) is 4. The Morgan fingerprint density at radius 1 is 1.57 bits per heavy atom. The molecule has 1 rings (SSSR count). The molecule has 0 fully saturated rings. The van der Waals surface area contributed by atoms with Gasteiger partial charge in [-0.25, -0.2) is 0 Å². The summed E-state index contributed by atoms with van der Waals surface area (Å²) in [6, 6.07) is 0. The summed E-state index contributed by atoms with van der Waals surface area (Å²) in [6.07, 6.45) is -1.02. The first-order chi connectivity index (χ1) is 6.43. The molecule has 4 atom stereocenters. The first-order valence-corrected chi connectivity index (χ1v) is 5.69. The number of carbonyl (C=O) groups excluding carboxylic acids is 1. The fraction of sp³-hybridized carbons (Fsp3) is 0.625. The Kier molecular flexibility index (Phi) is 4.12. The lowest BCUT2D eigenvalue weighted by Gasteiger charge is -2.31. The van der Waals surface area contributed by atoms with E-state index < -0.39 is 29.1 Å². The van der Waals surface area contributed by atoms with E-state index in [2.05, 4.69) is 31.9 Å². The van der Waals surface area contributed by atoms with E-state index >= 15 is 0 Å². The van der Waals surface area contributed by atoms with Crippen LogP contribution in [-0.2, 0) is 9.53 Å². The summed E-state index contributed by atoms with van der Waals surface area (Å²) in [7, 11) is 0. The fourth-order valence-corrected chi connectivity index (χ4v) is 2.66. The van der Waals surface area contributed by atoms with Crippen molar-refractivity contribution in [2.24, 2.45) is 0 Å². The molecule has 0 aliphatic heterocycles. The van der Waals surface area contributed by atoms with Crippen LogP contribution in [0, 0.1) is 0 Å². The lowest BCUT2D eigenvalue weighted by Crippen LogP contribution is -2.45. The van der Waals surface area contributed by atoms with Crippen LogP contribution in [0.4, 0.5) is 0 Å². The molecular weight excluding hydrogens is 320 g/mol. The molecule has 0 aromatic carbocycles. The van der Waals surface area contributed by atoms with Gasteiger partial charge in [0.1, 0.15) is 18.3 Å². The molecule has 0 amide bonds. The Hall–Kier alpha value is 0.0900. The molecule has 4 nitrogen and oxygen atoms in total. The number of halogens is 2. The van der Waals surface area contributed by atoms with Crippen LogP contribution < -0.4 is 0 Å². The number of ether oxygens (including phenoxy) is 1. The van der Waals surface area contributed by atoms with Gasteiger partial charge in [0, 0.05) is 11.4 Å². The van der Waals surface area contributed by atoms with Crippen molar-refractivity contribution in [2.75, 3.05) is 0 Å². The van der Waals surface area contributed by atoms with Gasteiger partial charge < -0.3 is 14.9 Å². The number of carbonyl (C=O) groups is 1. The zero-order valence-corrected chi connectivity index (χ0v) is 10.5. The van der Waals surface area contributed by atoms with Gasteiger partial charge >= 0.3 is 5.97 Å². The van der Waals surface area contributed by atoms with Gasteiger partial charge in [-0.05, 0) is 6.08 Å². The maximum Gasteiger partial charge on any atom is 0.303 e. The first-order valence-electron chi connectivity index (χ1n) is 3.98. The predicted molar refractivity (Wildman–Crippen MR) is 57.3 cm³/mol. The van der Waals surface area contributed by atoms with Crippen molar-refractivity contribution in [3.63, 3.8) is 0 Å². The smallest absolute Gasteiger partial charge is 0.303 e. The van der Waals surface area contributed by atoms with Crippen molar-refractivity contribution in [1.29, 1.82) is 0 Å². The van der Waals surface area contributed by atoms with Gasteiger partial charge in [0.25, 0.3) is 0 Å². The van der Waals surface area contributed by atoms with Gasteiger partial charge in [-0.2, -0.15) is 0 Å². The zero-order valence-electron chi connectivity index (χ0n) is 7.35. The van der Waals surface area contributed by atoms with Crippen LogP contribution in [0.25, 0.3) is 0 Å². The summed E-state index contributed by atoms with van der Waals surface area (Å²) in [5, 5.41) is 19.1. The number of rotatable bonds is 1. The molecule has 0 saturated heterocycles. The summed E-state index contributed by atoms with van der Waals surface area (Å²) >= 11 is 6.26. The average molecular weight is 330 g/mol. The van der Waals surface area contributed by atoms with Crippen LogP contribution in [0.3, 0.4) is 0 Å². The quantitative estimate of drug-likeness (QED) is 0.549. The Morgan fingerprint density at radius 3 is 2.64 bits per heavy atom. The Bertz CT molecular complexity index is 266. The van der Waals surface area contributed by atoms with Gasteiger partial charge in [-0.15, -0.1) is 0 Å². The number of alkyl halides is 1. The molecule has 80 valence electrons. The molecule has 0 bridgehead atoms. The van der Waals surface area contributed by atoms with Gasteiger partial charge in [0.05, 0.1) is 4.83 Å². The second-order valence-corrected chi connectivity index (χ2v) is 4.98. The van der Waals surface area contributed by atoms with Crippen LogP contribution in [0.5, 0.6) is 0 Å². The van der Waals surface area contributed by atoms with Gasteiger partial charge in [-0.3, -0.25) is 4.79 Å². The van der Waals surface area contributed by atoms with E-state index in [4.69, 9.17) is 4.74 Å². The third-order valence-corrected chi connectivity index (χ3v) is 3.65. The predicted octanol–water partition coefficient (Wildman–Crippen LogP) is 0.696. The van der Waals surface area contributed by atoms with Crippen molar-refractivity contribution >= 4 is 37.8 Å². The minimum atomic E-state index is -0.949. The lowest BCUT2D eigenvalue weighted by molar-refractivity contribution is -0.149. The SMILES string of the molecule is CC(=O)O[C@H]1C=C(Br)[C@H](O)[C@@H](Br)[C@@H]1O. The lowest BCUT2D eigenvalue weighted by atomic mass is 9.99. The van der Waals surface area contributed by atoms with Crippen LogP contribution >= 0.6 is 31.9 Å². The van der Waals surface area contributed by atoms with Gasteiger partial charge in [0.2, 0.25) is 0 Å². The normalized spacial score (nSPS) is 37.6. The minimum Gasteiger partial charge on any atom is -0.455 e. The van der Waals surface area contributed by atoms with Crippen molar-refractivity contribution in [3.8, 4) is 0 Å². The molecule has 0 spiro atoms. The van der Waals surface area contributed by atoms with E-state index in [0.29, 0.717) is 4.48 Å². The van der Waals surface area contributed by atoms with Crippen LogP contribution in [-0.4, -0.2) is 39.3 Å². The summed E-state index contributed by atoms with van der Waals surface area (Å²) in [6.45, 7) is 1.27. The maximum atomic E-state index is 10.7. The molecule has 2 N–H and O–H groups in total. The molecule has 6 heteroatoms. The second kappa shape index (κ2) is 4.74. The highest BCUT2D eigenvalue weighted by atomic mass is 79.9. The summed E-state index contributed by atoms with van der Waals surface area (Å²) in [4.78, 5) is 10.1. The number of esters is 1. The number of aliphatic hydroxyl groups excluding tert-OH is 2. The second-order valence-electron chi connectivity index (χ2n) is 3.01. The zero-order chi connectivity index (χ0) is 10.9. The molecule has 0 radical (unpaired) electrons. The van der Waals surface area contributed by atoms with Crippen molar-refractivity contribution in [3.05, 3.63) is 10.6 Å². The van der Waals surface area contributed by atoms with E-state index in [9.17, 15) is 15.0 Å². The highest BCUT2D eigenvalue weighted by Gasteiger charge is 2.37. The maximum absolute atomic E-state index is 10.7. The number of aliphatic hydroxyl groups is 2. The monoisotopic (exact) mass is 328 g/mol. The Balaban J connectivity index is 2.81. The average Bonchev–Trinajstić information content (AvgIpc) is 2.10. The summed E-state index contributed by atoms with van der Waals surface area (Å²) in [5.41, 5.74) is 0. The molecular formula is C8H10Br2O4. The van der Waals surface area contributed by atoms with Gasteiger partial charge in [-0.1, -0.05) is 31.9 Å². The third-order valence-electron chi connectivity index (χ3n) is 1.87. The van der Waals surface area contributed by atoms with Crippen LogP contribution in [0.1, 0.15) is 6.92 Å². The summed E-state index contributed by atoms with van der Waals surface area (Å²) < 4.78 is 5.35. The molecule has 0 aromatic heterocycles. The van der Waals surface area contributed by atoms with Crippen molar-refractivity contribution in [2.45, 2.75) is 30.1 Å². The molecule has 0 aromatic rings. The van der Waals surface area contributed by atoms with Gasteiger partial charge in [0.15, 0.2) is 0 Å². The molecule has 0 heterocycles. The van der Waals surface area contributed by atoms with E-state index in [1.807, 2.05) is 0 Å². The fourth-order valence-electron chi connectivity index (χ4n) is 1.17. The van der Waals surface area contributed by atoms with Crippen molar-refractivity contribution in [1.82, 2.24) is 0 Å². The number of hydrogen-bond donors (Lipinski definition) is 2. The molecule has 1 aliphatic rings. The van der Waals surface area contributed by atoms with Crippen molar-refractivity contribution < 1.29 is 19.7 Å². The van der Waals surface area contributed by atoms with E-state index in [1.54, 1.807) is 0 Å². The van der Waals surface area contributed by atoms with Crippen LogP contribution in [0.2, 0.25) is 0 Å². The largest absolute Gasteiger partial charge is 0.455 e. The first kappa shape index (κ1) is 12.2. The molecule has 14 heavy (non-hydrogen) atoms. The standard InChI is InChI=1S/C8H10Br2O4/c1-3(11)14-5-2-4(9)7(12)6(10)8(5)13/h2,5-8,12-13H,1H3/t5-,6+,7-,8+/m0/s1. The Morgan fingerprint density at radius 2 is 2.14 bits per heavy atom. The highest BCUT2D eigenvalue weighted by Crippen LogP contribution is 2.30.